The second-order valence-corrected chi connectivity index (χ2v) is 6.91. The summed E-state index contributed by atoms with van der Waals surface area (Å²) in [5.41, 5.74) is -0.474. The van der Waals surface area contributed by atoms with E-state index < -0.39 is 0 Å². The minimum atomic E-state index is -0.338. The maximum Gasteiger partial charge on any atom is 0.228 e. The largest absolute Gasteiger partial charge is 0.340 e. The molecule has 0 radical (unpaired) electrons. The van der Waals surface area contributed by atoms with Crippen LogP contribution >= 0.6 is 0 Å². The summed E-state index contributed by atoms with van der Waals surface area (Å²) in [6, 6.07) is 0. The van der Waals surface area contributed by atoms with Crippen LogP contribution in [-0.4, -0.2) is 23.4 Å². The molecule has 0 aromatic rings. The SMILES string of the molecule is CN(C(=O)C(C)(C)C(C)(C)C)C(C)(C)C. The first-order valence-corrected chi connectivity index (χ1v) is 5.60. The molecule has 0 saturated heterocycles. The molecule has 1 amide bonds. The Morgan fingerprint density at radius 3 is 1.40 bits per heavy atom. The number of carbonyl (C=O) groups excluding carboxylic acids is 1. The van der Waals surface area contributed by atoms with Crippen molar-refractivity contribution in [3.05, 3.63) is 0 Å². The molecule has 0 saturated carbocycles. The number of hydrogen-bond acceptors (Lipinski definition) is 1. The van der Waals surface area contributed by atoms with Crippen molar-refractivity contribution >= 4 is 5.91 Å². The molecule has 0 aromatic heterocycles. The fraction of sp³-hybridized carbons (Fsp3) is 0.923. The molecular weight excluding hydrogens is 186 g/mol. The lowest BCUT2D eigenvalue weighted by atomic mass is 9.68. The van der Waals surface area contributed by atoms with E-state index in [1.54, 1.807) is 0 Å². The van der Waals surface area contributed by atoms with Crippen molar-refractivity contribution in [3.63, 3.8) is 0 Å². The van der Waals surface area contributed by atoms with Crippen molar-refractivity contribution < 1.29 is 4.79 Å². The molecule has 90 valence electrons. The minimum Gasteiger partial charge on any atom is -0.340 e. The number of carbonyl (C=O) groups is 1. The third kappa shape index (κ3) is 2.96. The highest BCUT2D eigenvalue weighted by molar-refractivity contribution is 5.83. The molecule has 0 unspecified atom stereocenters. The normalized spacial score (nSPS) is 13.9. The van der Waals surface area contributed by atoms with E-state index in [1.807, 2.05) is 25.8 Å². The van der Waals surface area contributed by atoms with Crippen LogP contribution in [-0.2, 0) is 4.79 Å². The van der Waals surface area contributed by atoms with Crippen molar-refractivity contribution in [3.8, 4) is 0 Å². The van der Waals surface area contributed by atoms with Gasteiger partial charge in [-0.05, 0) is 26.2 Å². The van der Waals surface area contributed by atoms with Crippen LogP contribution < -0.4 is 0 Å². The Hall–Kier alpha value is -0.530. The van der Waals surface area contributed by atoms with E-state index in [0.717, 1.165) is 0 Å². The van der Waals surface area contributed by atoms with Crippen LogP contribution in [0.2, 0.25) is 0 Å². The number of hydrogen-bond donors (Lipinski definition) is 0. The Bertz CT molecular complexity index is 240. The summed E-state index contributed by atoms with van der Waals surface area (Å²) in [7, 11) is 1.88. The molecule has 0 aliphatic rings. The Kier molecular flexibility index (Phi) is 3.67. The third-order valence-corrected chi connectivity index (χ3v) is 3.72. The molecule has 0 bridgehead atoms. The zero-order valence-corrected chi connectivity index (χ0v) is 11.9. The van der Waals surface area contributed by atoms with Crippen LogP contribution in [0.1, 0.15) is 55.4 Å². The second-order valence-electron chi connectivity index (χ2n) is 6.91. The van der Waals surface area contributed by atoms with Crippen LogP contribution in [0.15, 0.2) is 0 Å². The van der Waals surface area contributed by atoms with Crippen LogP contribution in [0, 0.1) is 10.8 Å². The number of rotatable bonds is 1. The van der Waals surface area contributed by atoms with Gasteiger partial charge in [0, 0.05) is 18.0 Å². The summed E-state index contributed by atoms with van der Waals surface area (Å²) >= 11 is 0. The zero-order valence-electron chi connectivity index (χ0n) is 11.9. The Morgan fingerprint density at radius 1 is 0.867 bits per heavy atom. The third-order valence-electron chi connectivity index (χ3n) is 3.72. The topological polar surface area (TPSA) is 20.3 Å². The van der Waals surface area contributed by atoms with E-state index in [2.05, 4.69) is 41.5 Å². The summed E-state index contributed by atoms with van der Waals surface area (Å²) in [6.07, 6.45) is 0. The highest BCUT2D eigenvalue weighted by Crippen LogP contribution is 2.40. The van der Waals surface area contributed by atoms with Gasteiger partial charge in [0.2, 0.25) is 5.91 Å². The zero-order chi connectivity index (χ0) is 12.7. The summed E-state index contributed by atoms with van der Waals surface area (Å²) in [5, 5.41) is 0. The number of nitrogens with zero attached hydrogens (tertiary/aromatic N) is 1. The first-order valence-electron chi connectivity index (χ1n) is 5.60. The molecule has 0 heterocycles. The van der Waals surface area contributed by atoms with Crippen LogP contribution in [0.25, 0.3) is 0 Å². The van der Waals surface area contributed by atoms with Crippen LogP contribution in [0.3, 0.4) is 0 Å². The first-order chi connectivity index (χ1) is 6.32. The first kappa shape index (κ1) is 14.5. The van der Waals surface area contributed by atoms with Gasteiger partial charge in [-0.1, -0.05) is 34.6 Å². The highest BCUT2D eigenvalue weighted by atomic mass is 16.2. The molecule has 0 N–H and O–H groups in total. The predicted molar refractivity (Wildman–Crippen MR) is 65.8 cm³/mol. The maximum absolute atomic E-state index is 12.4. The average molecular weight is 213 g/mol. The van der Waals surface area contributed by atoms with Crippen molar-refractivity contribution in [2.24, 2.45) is 10.8 Å². The van der Waals surface area contributed by atoms with E-state index in [4.69, 9.17) is 0 Å². The summed E-state index contributed by atoms with van der Waals surface area (Å²) < 4.78 is 0. The molecule has 0 atom stereocenters. The monoisotopic (exact) mass is 213 g/mol. The Labute approximate surface area is 95.0 Å². The molecular formula is C13H27NO. The summed E-state index contributed by atoms with van der Waals surface area (Å²) in [4.78, 5) is 14.2. The average Bonchev–Trinajstić information content (AvgIpc) is 1.97. The van der Waals surface area contributed by atoms with Gasteiger partial charge in [0.05, 0.1) is 0 Å². The van der Waals surface area contributed by atoms with Crippen molar-refractivity contribution in [1.29, 1.82) is 0 Å². The summed E-state index contributed by atoms with van der Waals surface area (Å²) in [6.45, 7) is 16.6. The van der Waals surface area contributed by atoms with Gasteiger partial charge in [0.25, 0.3) is 0 Å². The second kappa shape index (κ2) is 3.80. The molecule has 2 heteroatoms. The van der Waals surface area contributed by atoms with E-state index >= 15 is 0 Å². The van der Waals surface area contributed by atoms with Crippen LogP contribution in [0.5, 0.6) is 0 Å². The van der Waals surface area contributed by atoms with Crippen molar-refractivity contribution in [1.82, 2.24) is 4.90 Å². The van der Waals surface area contributed by atoms with Gasteiger partial charge in [-0.2, -0.15) is 0 Å². The van der Waals surface area contributed by atoms with Gasteiger partial charge in [-0.15, -0.1) is 0 Å². The predicted octanol–water partition coefficient (Wildman–Crippen LogP) is 3.32. The Morgan fingerprint density at radius 2 is 1.20 bits per heavy atom. The smallest absolute Gasteiger partial charge is 0.228 e. The van der Waals surface area contributed by atoms with Crippen molar-refractivity contribution in [2.75, 3.05) is 7.05 Å². The molecule has 0 rings (SSSR count). The lowest BCUT2D eigenvalue weighted by Crippen LogP contribution is -2.52. The molecule has 15 heavy (non-hydrogen) atoms. The Balaban J connectivity index is 5.04. The fourth-order valence-corrected chi connectivity index (χ4v) is 1.04. The minimum absolute atomic E-state index is 0.0242. The van der Waals surface area contributed by atoms with Gasteiger partial charge in [-0.3, -0.25) is 4.79 Å². The van der Waals surface area contributed by atoms with E-state index in [9.17, 15) is 4.79 Å². The van der Waals surface area contributed by atoms with Gasteiger partial charge in [0.15, 0.2) is 0 Å². The highest BCUT2D eigenvalue weighted by Gasteiger charge is 2.43. The van der Waals surface area contributed by atoms with E-state index in [-0.39, 0.29) is 22.3 Å². The maximum atomic E-state index is 12.4. The fourth-order valence-electron chi connectivity index (χ4n) is 1.04. The van der Waals surface area contributed by atoms with E-state index in [1.165, 1.54) is 0 Å². The summed E-state index contributed by atoms with van der Waals surface area (Å²) in [5.74, 6) is 0.211. The molecule has 0 fully saturated rings. The van der Waals surface area contributed by atoms with Gasteiger partial charge in [-0.25, -0.2) is 0 Å². The molecule has 0 spiro atoms. The quantitative estimate of drug-likeness (QED) is 0.654. The molecule has 2 nitrogen and oxygen atoms in total. The molecule has 0 aliphatic carbocycles. The molecule has 0 aromatic carbocycles. The van der Waals surface area contributed by atoms with Gasteiger partial charge >= 0.3 is 0 Å². The number of amides is 1. The van der Waals surface area contributed by atoms with Crippen molar-refractivity contribution in [2.45, 2.75) is 60.9 Å². The van der Waals surface area contributed by atoms with Gasteiger partial charge in [0.1, 0.15) is 0 Å². The lowest BCUT2D eigenvalue weighted by molar-refractivity contribution is -0.149. The molecule has 0 aliphatic heterocycles. The lowest BCUT2D eigenvalue weighted by Gasteiger charge is -2.44. The van der Waals surface area contributed by atoms with E-state index in [0.29, 0.717) is 0 Å². The van der Waals surface area contributed by atoms with Crippen LogP contribution in [0.4, 0.5) is 0 Å². The van der Waals surface area contributed by atoms with Gasteiger partial charge < -0.3 is 4.90 Å². The standard InChI is InChI=1S/C13H27NO/c1-11(2,3)13(7,8)10(15)14(9)12(4,5)6/h1-9H3.